The van der Waals surface area contributed by atoms with Crippen molar-refractivity contribution in [3.63, 3.8) is 0 Å². The van der Waals surface area contributed by atoms with Crippen molar-refractivity contribution in [2.45, 2.75) is 0 Å². The third kappa shape index (κ3) is 5.24. The predicted molar refractivity (Wildman–Crippen MR) is 225 cm³/mol. The lowest BCUT2D eigenvalue weighted by molar-refractivity contribution is 0.669. The number of pyridine rings is 2. The SMILES string of the molecule is c1cc(-c2ccc3ccccc3c2)cc(N(c2ccc(-c3cccc4c3oc3ccncc34)cc2)c2ccc(-c3cccc4c3oc3ccncc34)cc2)c1. The molecule has 5 nitrogen and oxygen atoms in total. The van der Waals surface area contributed by atoms with Crippen molar-refractivity contribution in [3.05, 3.63) is 189 Å². The van der Waals surface area contributed by atoms with Crippen LogP contribution < -0.4 is 4.90 Å². The smallest absolute Gasteiger partial charge is 0.143 e. The molecule has 0 saturated heterocycles. The van der Waals surface area contributed by atoms with Crippen molar-refractivity contribution < 1.29 is 8.83 Å². The maximum atomic E-state index is 6.37. The summed E-state index contributed by atoms with van der Waals surface area (Å²) in [7, 11) is 0. The summed E-state index contributed by atoms with van der Waals surface area (Å²) in [6, 6.07) is 57.9. The highest BCUT2D eigenvalue weighted by Crippen LogP contribution is 2.42. The first-order valence-corrected chi connectivity index (χ1v) is 18.4. The normalized spacial score (nSPS) is 11.6. The van der Waals surface area contributed by atoms with E-state index in [-0.39, 0.29) is 0 Å². The highest BCUT2D eigenvalue weighted by Gasteiger charge is 2.18. The van der Waals surface area contributed by atoms with Crippen molar-refractivity contribution in [1.82, 2.24) is 9.97 Å². The number of furan rings is 2. The van der Waals surface area contributed by atoms with Gasteiger partial charge in [-0.05, 0) is 87.6 Å². The van der Waals surface area contributed by atoms with Gasteiger partial charge in [0.05, 0.1) is 0 Å². The third-order valence-electron chi connectivity index (χ3n) is 10.7. The van der Waals surface area contributed by atoms with Gasteiger partial charge >= 0.3 is 0 Å². The van der Waals surface area contributed by atoms with Crippen molar-refractivity contribution in [2.24, 2.45) is 0 Å². The summed E-state index contributed by atoms with van der Waals surface area (Å²) in [5, 5.41) is 6.61. The molecule has 0 N–H and O–H groups in total. The van der Waals surface area contributed by atoms with Gasteiger partial charge in [0.25, 0.3) is 0 Å². The van der Waals surface area contributed by atoms with Crippen molar-refractivity contribution in [1.29, 1.82) is 0 Å². The van der Waals surface area contributed by atoms with Gasteiger partial charge in [-0.15, -0.1) is 0 Å². The van der Waals surface area contributed by atoms with Crippen LogP contribution in [-0.4, -0.2) is 9.97 Å². The van der Waals surface area contributed by atoms with Crippen LogP contribution in [0.1, 0.15) is 0 Å². The van der Waals surface area contributed by atoms with Gasteiger partial charge in [-0.25, -0.2) is 0 Å². The van der Waals surface area contributed by atoms with Crippen LogP contribution in [0.5, 0.6) is 0 Å². The molecule has 0 amide bonds. The number of benzene rings is 7. The van der Waals surface area contributed by atoms with Gasteiger partial charge in [-0.3, -0.25) is 9.97 Å². The number of anilines is 3. The minimum Gasteiger partial charge on any atom is -0.455 e. The summed E-state index contributed by atoms with van der Waals surface area (Å²) in [5.41, 5.74) is 13.1. The van der Waals surface area contributed by atoms with Gasteiger partial charge in [0.15, 0.2) is 0 Å². The van der Waals surface area contributed by atoms with E-state index in [1.165, 1.54) is 16.3 Å². The second-order valence-corrected chi connectivity index (χ2v) is 13.9. The average Bonchev–Trinajstić information content (AvgIpc) is 3.83. The minimum absolute atomic E-state index is 0.837. The van der Waals surface area contributed by atoms with E-state index >= 15 is 0 Å². The molecule has 0 radical (unpaired) electrons. The summed E-state index contributed by atoms with van der Waals surface area (Å²) in [6.07, 6.45) is 7.29. The molecule has 0 atom stereocenters. The molecule has 0 bridgehead atoms. The Bertz CT molecular complexity index is 3060. The van der Waals surface area contributed by atoms with Gasteiger partial charge in [0, 0.05) is 74.5 Å². The Balaban J connectivity index is 1.02. The Morgan fingerprint density at radius 1 is 0.364 bits per heavy atom. The van der Waals surface area contributed by atoms with E-state index < -0.39 is 0 Å². The number of nitrogens with zero attached hydrogens (tertiary/aromatic N) is 3. The average molecular weight is 706 g/mol. The molecule has 4 heterocycles. The topological polar surface area (TPSA) is 55.3 Å². The predicted octanol–water partition coefficient (Wildman–Crippen LogP) is 13.9. The van der Waals surface area contributed by atoms with Gasteiger partial charge in [-0.2, -0.15) is 0 Å². The molecule has 0 aliphatic heterocycles. The number of rotatable bonds is 6. The second-order valence-electron chi connectivity index (χ2n) is 13.9. The van der Waals surface area contributed by atoms with E-state index in [0.717, 1.165) is 88.8 Å². The zero-order valence-electron chi connectivity index (χ0n) is 29.6. The molecule has 11 aromatic rings. The molecule has 55 heavy (non-hydrogen) atoms. The van der Waals surface area contributed by atoms with E-state index in [1.807, 2.05) is 24.5 Å². The minimum atomic E-state index is 0.837. The molecule has 7 aromatic carbocycles. The molecule has 0 fully saturated rings. The lowest BCUT2D eigenvalue weighted by Crippen LogP contribution is -2.10. The Labute approximate surface area is 316 Å². The van der Waals surface area contributed by atoms with Crippen LogP contribution in [0.3, 0.4) is 0 Å². The first-order valence-electron chi connectivity index (χ1n) is 18.4. The fourth-order valence-electron chi connectivity index (χ4n) is 7.96. The Kier molecular flexibility index (Phi) is 7.10. The molecule has 0 saturated carbocycles. The molecule has 11 rings (SSSR count). The van der Waals surface area contributed by atoms with E-state index in [9.17, 15) is 0 Å². The molecule has 5 heteroatoms. The number of hydrogen-bond acceptors (Lipinski definition) is 5. The summed E-state index contributed by atoms with van der Waals surface area (Å²) in [6.45, 7) is 0. The van der Waals surface area contributed by atoms with Crippen LogP contribution in [-0.2, 0) is 0 Å². The lowest BCUT2D eigenvalue weighted by atomic mass is 9.99. The van der Waals surface area contributed by atoms with Gasteiger partial charge in [0.2, 0.25) is 0 Å². The van der Waals surface area contributed by atoms with E-state index in [4.69, 9.17) is 8.83 Å². The quantitative estimate of drug-likeness (QED) is 0.172. The fourth-order valence-corrected chi connectivity index (χ4v) is 7.96. The van der Waals surface area contributed by atoms with Crippen LogP contribution in [0.4, 0.5) is 17.1 Å². The highest BCUT2D eigenvalue weighted by atomic mass is 16.3. The Hall–Kier alpha value is -7.50. The molecule has 0 unspecified atom stereocenters. The molecule has 4 aromatic heterocycles. The highest BCUT2D eigenvalue weighted by molar-refractivity contribution is 6.10. The molecular weight excluding hydrogens is 675 g/mol. The van der Waals surface area contributed by atoms with Gasteiger partial charge in [0.1, 0.15) is 22.3 Å². The largest absolute Gasteiger partial charge is 0.455 e. The molecule has 0 aliphatic carbocycles. The number of fused-ring (bicyclic) bond motifs is 7. The van der Waals surface area contributed by atoms with E-state index in [2.05, 4.69) is 167 Å². The molecule has 0 aliphatic rings. The number of para-hydroxylation sites is 2. The van der Waals surface area contributed by atoms with E-state index in [1.54, 1.807) is 12.4 Å². The van der Waals surface area contributed by atoms with Crippen molar-refractivity contribution in [2.75, 3.05) is 4.90 Å². The second kappa shape index (κ2) is 12.6. The molecule has 0 spiro atoms. The number of aromatic nitrogens is 2. The van der Waals surface area contributed by atoms with Gasteiger partial charge < -0.3 is 13.7 Å². The first-order chi connectivity index (χ1) is 27.2. The van der Waals surface area contributed by atoms with Crippen LogP contribution >= 0.6 is 0 Å². The van der Waals surface area contributed by atoms with Gasteiger partial charge in [-0.1, -0.05) is 109 Å². The maximum absolute atomic E-state index is 6.37. The summed E-state index contributed by atoms with van der Waals surface area (Å²) in [4.78, 5) is 11.0. The van der Waals surface area contributed by atoms with Crippen LogP contribution in [0, 0.1) is 0 Å². The zero-order valence-corrected chi connectivity index (χ0v) is 29.6. The lowest BCUT2D eigenvalue weighted by Gasteiger charge is -2.26. The van der Waals surface area contributed by atoms with Crippen LogP contribution in [0.2, 0.25) is 0 Å². The van der Waals surface area contributed by atoms with Crippen LogP contribution in [0.25, 0.3) is 88.0 Å². The summed E-state index contributed by atoms with van der Waals surface area (Å²) in [5.74, 6) is 0. The third-order valence-corrected chi connectivity index (χ3v) is 10.7. The standard InChI is InChI=1S/C50H31N3O2/c1-2-7-35-28-37(15-14-32(35)6-1)36-8-3-9-40(29-36)53(38-20-16-33(17-21-38)41-10-4-12-43-45-30-51-26-24-47(45)54-49(41)43)39-22-18-34(19-23-39)42-11-5-13-44-46-31-52-27-25-48(46)55-50(42)44/h1-31H. The molecular formula is C50H31N3O2. The number of hydrogen-bond donors (Lipinski definition) is 0. The van der Waals surface area contributed by atoms with Crippen molar-refractivity contribution >= 4 is 71.7 Å². The Morgan fingerprint density at radius 3 is 1.49 bits per heavy atom. The van der Waals surface area contributed by atoms with E-state index in [0.29, 0.717) is 0 Å². The van der Waals surface area contributed by atoms with Crippen molar-refractivity contribution in [3.8, 4) is 33.4 Å². The monoisotopic (exact) mass is 705 g/mol. The van der Waals surface area contributed by atoms with Crippen LogP contribution in [0.15, 0.2) is 197 Å². The maximum Gasteiger partial charge on any atom is 0.143 e. The fraction of sp³-hybridized carbons (Fsp3) is 0. The first kappa shape index (κ1) is 31.1. The summed E-state index contributed by atoms with van der Waals surface area (Å²) < 4.78 is 12.7. The summed E-state index contributed by atoms with van der Waals surface area (Å²) >= 11 is 0. The molecule has 258 valence electrons. The Morgan fingerprint density at radius 2 is 0.891 bits per heavy atom. The zero-order chi connectivity index (χ0) is 36.3.